The van der Waals surface area contributed by atoms with Crippen LogP contribution in [0.1, 0.15) is 0 Å². The molecule has 0 bridgehead atoms. The average molecular weight is 406 g/mol. The molecule has 10 nitrogen and oxygen atoms in total. The quantitative estimate of drug-likeness (QED) is 0.664. The first-order chi connectivity index (χ1) is 14.7. The number of hydrogen-bond acceptors (Lipinski definition) is 6. The predicted molar refractivity (Wildman–Crippen MR) is 111 cm³/mol. The van der Waals surface area contributed by atoms with Gasteiger partial charge < -0.3 is 15.5 Å². The molecule has 1 aliphatic heterocycles. The minimum absolute atomic E-state index is 0.0539. The van der Waals surface area contributed by atoms with Crippen LogP contribution in [0.2, 0.25) is 0 Å². The fraction of sp³-hybridized carbons (Fsp3) is 0.250. The van der Waals surface area contributed by atoms with Crippen LogP contribution in [0.15, 0.2) is 60.9 Å². The molecule has 4 rings (SSSR count). The third-order valence-electron chi connectivity index (χ3n) is 4.82. The van der Waals surface area contributed by atoms with Crippen LogP contribution in [0.5, 0.6) is 0 Å². The summed E-state index contributed by atoms with van der Waals surface area (Å²) in [7, 11) is 0. The monoisotopic (exact) mass is 406 g/mol. The van der Waals surface area contributed by atoms with Gasteiger partial charge in [-0.2, -0.15) is 0 Å². The molecule has 2 N–H and O–H groups in total. The largest absolute Gasteiger partial charge is 0.325 e. The Kier molecular flexibility index (Phi) is 5.95. The number of nitrogens with one attached hydrogen (secondary N) is 2. The molecule has 10 heteroatoms. The Morgan fingerprint density at radius 3 is 2.23 bits per heavy atom. The Bertz CT molecular complexity index is 968. The van der Waals surface area contributed by atoms with Crippen LogP contribution in [-0.2, 0) is 4.79 Å². The molecule has 0 spiro atoms. The number of anilines is 2. The third-order valence-corrected chi connectivity index (χ3v) is 4.82. The number of carbonyl (C=O) groups excluding carboxylic acids is 2. The van der Waals surface area contributed by atoms with Gasteiger partial charge in [-0.05, 0) is 46.8 Å². The first kappa shape index (κ1) is 19.5. The maximum Gasteiger partial charge on any atom is 0.321 e. The summed E-state index contributed by atoms with van der Waals surface area (Å²) in [6.45, 7) is 2.73. The summed E-state index contributed by atoms with van der Waals surface area (Å²) in [6, 6.07) is 16.5. The number of hydrogen-bond donors (Lipinski definition) is 2. The van der Waals surface area contributed by atoms with E-state index < -0.39 is 0 Å². The molecular weight excluding hydrogens is 384 g/mol. The molecule has 154 valence electrons. The number of urea groups is 1. The lowest BCUT2D eigenvalue weighted by Crippen LogP contribution is -2.51. The number of benzene rings is 2. The summed E-state index contributed by atoms with van der Waals surface area (Å²) in [5.74, 6) is -0.0539. The van der Waals surface area contributed by atoms with Gasteiger partial charge in [0.05, 0.1) is 12.2 Å². The Hall–Kier alpha value is -3.79. The first-order valence-electron chi connectivity index (χ1n) is 9.64. The fourth-order valence-corrected chi connectivity index (χ4v) is 3.21. The van der Waals surface area contributed by atoms with Crippen molar-refractivity contribution in [2.24, 2.45) is 0 Å². The number of para-hydroxylation sites is 1. The van der Waals surface area contributed by atoms with E-state index in [1.165, 1.54) is 6.33 Å². The molecule has 1 saturated heterocycles. The van der Waals surface area contributed by atoms with E-state index in [4.69, 9.17) is 0 Å². The van der Waals surface area contributed by atoms with Gasteiger partial charge in [-0.15, -0.1) is 5.10 Å². The topological polar surface area (TPSA) is 108 Å². The molecule has 0 atom stereocenters. The van der Waals surface area contributed by atoms with Crippen LogP contribution in [-0.4, -0.2) is 74.7 Å². The Morgan fingerprint density at radius 1 is 0.867 bits per heavy atom. The predicted octanol–water partition coefficient (Wildman–Crippen LogP) is 1.45. The van der Waals surface area contributed by atoms with Crippen molar-refractivity contribution in [1.82, 2.24) is 30.0 Å². The van der Waals surface area contributed by atoms with Crippen LogP contribution >= 0.6 is 0 Å². The van der Waals surface area contributed by atoms with E-state index in [1.807, 2.05) is 47.4 Å². The highest BCUT2D eigenvalue weighted by atomic mass is 16.2. The van der Waals surface area contributed by atoms with Crippen molar-refractivity contribution in [2.45, 2.75) is 0 Å². The summed E-state index contributed by atoms with van der Waals surface area (Å²) in [4.78, 5) is 28.5. The van der Waals surface area contributed by atoms with Crippen LogP contribution in [0.25, 0.3) is 5.69 Å². The standard InChI is InChI=1S/C20H22N8O2/c29-19(22-16-4-2-1-3-5-16)14-26-10-12-27(13-11-26)20(30)23-17-6-8-18(9-7-17)28-15-21-24-25-28/h1-9,15H,10-14H2,(H,22,29)(H,23,30). The van der Waals surface area contributed by atoms with Crippen LogP contribution in [0.3, 0.4) is 0 Å². The average Bonchev–Trinajstić information content (AvgIpc) is 3.30. The molecule has 2 heterocycles. The highest BCUT2D eigenvalue weighted by Gasteiger charge is 2.22. The van der Waals surface area contributed by atoms with Gasteiger partial charge in [0.1, 0.15) is 6.33 Å². The summed E-state index contributed by atoms with van der Waals surface area (Å²) < 4.78 is 1.54. The number of piperazine rings is 1. The summed E-state index contributed by atoms with van der Waals surface area (Å²) in [6.07, 6.45) is 1.51. The number of nitrogens with zero attached hydrogens (tertiary/aromatic N) is 6. The van der Waals surface area contributed by atoms with Crippen LogP contribution in [0, 0.1) is 0 Å². The summed E-state index contributed by atoms with van der Waals surface area (Å²) in [5, 5.41) is 16.8. The Labute approximate surface area is 173 Å². The molecule has 1 aliphatic rings. The molecule has 0 saturated carbocycles. The van der Waals surface area contributed by atoms with Gasteiger partial charge in [-0.1, -0.05) is 18.2 Å². The van der Waals surface area contributed by atoms with Gasteiger partial charge in [0.2, 0.25) is 5.91 Å². The second kappa shape index (κ2) is 9.14. The highest BCUT2D eigenvalue weighted by molar-refractivity contribution is 5.92. The maximum absolute atomic E-state index is 12.5. The van der Waals surface area contributed by atoms with E-state index in [1.54, 1.807) is 21.7 Å². The first-order valence-corrected chi connectivity index (χ1v) is 9.64. The number of aromatic nitrogens is 4. The van der Waals surface area contributed by atoms with E-state index in [0.29, 0.717) is 38.4 Å². The summed E-state index contributed by atoms with van der Waals surface area (Å²) >= 11 is 0. The van der Waals surface area contributed by atoms with Crippen molar-refractivity contribution in [3.05, 3.63) is 60.9 Å². The molecule has 30 heavy (non-hydrogen) atoms. The normalized spacial score (nSPS) is 14.3. The smallest absolute Gasteiger partial charge is 0.321 e. The van der Waals surface area contributed by atoms with Crippen molar-refractivity contribution in [1.29, 1.82) is 0 Å². The second-order valence-corrected chi connectivity index (χ2v) is 6.91. The van der Waals surface area contributed by atoms with Crippen LogP contribution in [0.4, 0.5) is 16.2 Å². The highest BCUT2D eigenvalue weighted by Crippen LogP contribution is 2.13. The van der Waals surface area contributed by atoms with Crippen molar-refractivity contribution < 1.29 is 9.59 Å². The van der Waals surface area contributed by atoms with Crippen molar-refractivity contribution in [3.63, 3.8) is 0 Å². The van der Waals surface area contributed by atoms with Gasteiger partial charge >= 0.3 is 6.03 Å². The van der Waals surface area contributed by atoms with Crippen LogP contribution < -0.4 is 10.6 Å². The number of amides is 3. The molecule has 0 unspecified atom stereocenters. The summed E-state index contributed by atoms with van der Waals surface area (Å²) in [5.41, 5.74) is 2.29. The van der Waals surface area contributed by atoms with Gasteiger partial charge in [-0.3, -0.25) is 9.69 Å². The second-order valence-electron chi connectivity index (χ2n) is 6.91. The zero-order chi connectivity index (χ0) is 20.8. The number of tetrazole rings is 1. The van der Waals surface area contributed by atoms with E-state index in [2.05, 4.69) is 26.2 Å². The number of carbonyl (C=O) groups is 2. The molecule has 2 aromatic carbocycles. The van der Waals surface area contributed by atoms with Crippen molar-refractivity contribution in [2.75, 3.05) is 43.4 Å². The third kappa shape index (κ3) is 4.97. The molecule has 3 amide bonds. The van der Waals surface area contributed by atoms with E-state index in [0.717, 1.165) is 11.4 Å². The fourth-order valence-electron chi connectivity index (χ4n) is 3.21. The SMILES string of the molecule is O=C(CN1CCN(C(=O)Nc2ccc(-n3cnnn3)cc2)CC1)Nc1ccccc1. The lowest BCUT2D eigenvalue weighted by atomic mass is 10.2. The number of rotatable bonds is 5. The van der Waals surface area contributed by atoms with Gasteiger partial charge in [0, 0.05) is 37.6 Å². The molecule has 0 radical (unpaired) electrons. The van der Waals surface area contributed by atoms with Gasteiger partial charge in [0.15, 0.2) is 0 Å². The maximum atomic E-state index is 12.5. The Morgan fingerprint density at radius 2 is 1.57 bits per heavy atom. The van der Waals surface area contributed by atoms with Crippen molar-refractivity contribution >= 4 is 23.3 Å². The minimum Gasteiger partial charge on any atom is -0.325 e. The lowest BCUT2D eigenvalue weighted by Gasteiger charge is -2.34. The molecule has 0 aliphatic carbocycles. The van der Waals surface area contributed by atoms with Crippen molar-refractivity contribution in [3.8, 4) is 5.69 Å². The lowest BCUT2D eigenvalue weighted by molar-refractivity contribution is -0.117. The molecule has 1 aromatic heterocycles. The zero-order valence-electron chi connectivity index (χ0n) is 16.3. The van der Waals surface area contributed by atoms with Gasteiger partial charge in [0.25, 0.3) is 0 Å². The molecule has 1 fully saturated rings. The Balaban J connectivity index is 1.23. The van der Waals surface area contributed by atoms with E-state index >= 15 is 0 Å². The van der Waals surface area contributed by atoms with Gasteiger partial charge in [-0.25, -0.2) is 9.48 Å². The zero-order valence-corrected chi connectivity index (χ0v) is 16.3. The molecule has 3 aromatic rings. The van der Waals surface area contributed by atoms with E-state index in [-0.39, 0.29) is 11.9 Å². The van der Waals surface area contributed by atoms with E-state index in [9.17, 15) is 9.59 Å². The molecular formula is C20H22N8O2. The minimum atomic E-state index is -0.154.